The molecule has 1 aromatic rings. The van der Waals surface area contributed by atoms with Crippen molar-refractivity contribution in [3.05, 3.63) is 35.9 Å². The number of benzene rings is 1. The average Bonchev–Trinajstić information content (AvgIpc) is 2.19. The number of hydrogen-bond donors (Lipinski definition) is 0. The summed E-state index contributed by atoms with van der Waals surface area (Å²) in [6, 6.07) is 9.66. The molecule has 4 heteroatoms. The molecule has 1 rings (SSSR count). The first-order valence-corrected chi connectivity index (χ1v) is 5.36. The third kappa shape index (κ3) is 3.48. The second kappa shape index (κ2) is 5.39. The SMILES string of the molecule is CC(O[SiH3])OC(Cl)c1ccccc1. The van der Waals surface area contributed by atoms with Gasteiger partial charge in [-0.15, -0.1) is 0 Å². The molecule has 0 saturated heterocycles. The second-order valence-electron chi connectivity index (χ2n) is 2.67. The minimum atomic E-state index is -0.426. The Morgan fingerprint density at radius 2 is 1.92 bits per heavy atom. The smallest absolute Gasteiger partial charge is 0.159 e. The first kappa shape index (κ1) is 10.7. The van der Waals surface area contributed by atoms with Crippen LogP contribution in [0, 0.1) is 0 Å². The summed E-state index contributed by atoms with van der Waals surface area (Å²) in [5.41, 5.74) is 0.528. The molecule has 0 aliphatic rings. The van der Waals surface area contributed by atoms with Gasteiger partial charge in [0.1, 0.15) is 16.8 Å². The van der Waals surface area contributed by atoms with E-state index in [0.717, 1.165) is 5.56 Å². The fourth-order valence-electron chi connectivity index (χ4n) is 0.907. The molecule has 0 heterocycles. The summed E-state index contributed by atoms with van der Waals surface area (Å²) in [7, 11) is 0.657. The topological polar surface area (TPSA) is 18.5 Å². The Balaban J connectivity index is 2.53. The van der Waals surface area contributed by atoms with Crippen molar-refractivity contribution in [3.8, 4) is 0 Å². The van der Waals surface area contributed by atoms with E-state index in [0.29, 0.717) is 10.5 Å². The Hall–Kier alpha value is -0.353. The van der Waals surface area contributed by atoms with Crippen LogP contribution in [0.15, 0.2) is 30.3 Å². The average molecular weight is 217 g/mol. The van der Waals surface area contributed by atoms with Crippen LogP contribution in [0.2, 0.25) is 0 Å². The minimum Gasteiger partial charge on any atom is -0.404 e. The van der Waals surface area contributed by atoms with E-state index in [1.54, 1.807) is 0 Å². The standard InChI is InChI=1S/C9H13ClO2Si/c1-7(12-13)11-9(10)8-5-3-2-4-6-8/h2-7,9H,1,13H3. The van der Waals surface area contributed by atoms with Gasteiger partial charge < -0.3 is 9.16 Å². The molecule has 2 nitrogen and oxygen atoms in total. The molecule has 0 spiro atoms. The summed E-state index contributed by atoms with van der Waals surface area (Å²) < 4.78 is 10.4. The van der Waals surface area contributed by atoms with Crippen molar-refractivity contribution >= 4 is 22.1 Å². The quantitative estimate of drug-likeness (QED) is 0.432. The Morgan fingerprint density at radius 1 is 1.31 bits per heavy atom. The molecule has 1 aromatic carbocycles. The number of rotatable bonds is 4. The van der Waals surface area contributed by atoms with Crippen LogP contribution in [0.1, 0.15) is 18.1 Å². The Kier molecular flexibility index (Phi) is 4.45. The molecule has 72 valence electrons. The van der Waals surface area contributed by atoms with Crippen molar-refractivity contribution < 1.29 is 9.16 Å². The maximum Gasteiger partial charge on any atom is 0.159 e. The Bertz CT molecular complexity index is 243. The first-order valence-electron chi connectivity index (χ1n) is 4.11. The van der Waals surface area contributed by atoms with E-state index in [1.165, 1.54) is 0 Å². The van der Waals surface area contributed by atoms with Crippen molar-refractivity contribution in [1.29, 1.82) is 0 Å². The highest BCUT2D eigenvalue weighted by atomic mass is 35.5. The second-order valence-corrected chi connectivity index (χ2v) is 3.53. The van der Waals surface area contributed by atoms with E-state index in [1.807, 2.05) is 37.3 Å². The van der Waals surface area contributed by atoms with E-state index in [2.05, 4.69) is 0 Å². The molecule has 0 saturated carbocycles. The summed E-state index contributed by atoms with van der Waals surface area (Å²) in [6.45, 7) is 1.84. The molecule has 0 aliphatic heterocycles. The summed E-state index contributed by atoms with van der Waals surface area (Å²) in [5.74, 6) is 0. The predicted octanol–water partition coefficient (Wildman–Crippen LogP) is 1.58. The molecule has 2 unspecified atom stereocenters. The zero-order chi connectivity index (χ0) is 9.68. The lowest BCUT2D eigenvalue weighted by atomic mass is 10.2. The van der Waals surface area contributed by atoms with Crippen molar-refractivity contribution in [2.75, 3.05) is 0 Å². The monoisotopic (exact) mass is 216 g/mol. The highest BCUT2D eigenvalue weighted by molar-refractivity contribution is 6.19. The molecule has 0 aromatic heterocycles. The fraction of sp³-hybridized carbons (Fsp3) is 0.333. The van der Waals surface area contributed by atoms with Crippen LogP contribution in [0.3, 0.4) is 0 Å². The summed E-state index contributed by atoms with van der Waals surface area (Å²) >= 11 is 5.99. The number of hydrogen-bond acceptors (Lipinski definition) is 2. The third-order valence-electron chi connectivity index (χ3n) is 1.70. The van der Waals surface area contributed by atoms with Gasteiger partial charge in [0.25, 0.3) is 0 Å². The molecule has 0 amide bonds. The van der Waals surface area contributed by atoms with E-state index in [9.17, 15) is 0 Å². The van der Waals surface area contributed by atoms with Crippen LogP contribution in [0.25, 0.3) is 0 Å². The molecule has 13 heavy (non-hydrogen) atoms. The van der Waals surface area contributed by atoms with Gasteiger partial charge in [-0.3, -0.25) is 0 Å². The first-order chi connectivity index (χ1) is 6.24. The lowest BCUT2D eigenvalue weighted by Crippen LogP contribution is -2.12. The largest absolute Gasteiger partial charge is 0.404 e. The highest BCUT2D eigenvalue weighted by Gasteiger charge is 2.10. The predicted molar refractivity (Wildman–Crippen MR) is 56.6 cm³/mol. The van der Waals surface area contributed by atoms with E-state index in [4.69, 9.17) is 20.8 Å². The van der Waals surface area contributed by atoms with Crippen molar-refractivity contribution in [2.45, 2.75) is 18.8 Å². The Morgan fingerprint density at radius 3 is 2.46 bits per heavy atom. The van der Waals surface area contributed by atoms with Gasteiger partial charge >= 0.3 is 0 Å². The van der Waals surface area contributed by atoms with Crippen molar-refractivity contribution in [2.24, 2.45) is 0 Å². The molecule has 0 bridgehead atoms. The van der Waals surface area contributed by atoms with Gasteiger partial charge in [0.15, 0.2) is 5.56 Å². The zero-order valence-electron chi connectivity index (χ0n) is 7.74. The van der Waals surface area contributed by atoms with E-state index < -0.39 is 5.56 Å². The van der Waals surface area contributed by atoms with Crippen LogP contribution in [0.4, 0.5) is 0 Å². The summed E-state index contributed by atoms with van der Waals surface area (Å²) in [6.07, 6.45) is -0.227. The Labute approximate surface area is 86.4 Å². The molecule has 0 aliphatic carbocycles. The molecular weight excluding hydrogens is 204 g/mol. The van der Waals surface area contributed by atoms with Crippen LogP contribution in [0.5, 0.6) is 0 Å². The number of alkyl halides is 1. The molecule has 2 atom stereocenters. The van der Waals surface area contributed by atoms with Gasteiger partial charge in [0.05, 0.1) is 0 Å². The lowest BCUT2D eigenvalue weighted by molar-refractivity contribution is -0.0787. The molecule has 0 fully saturated rings. The molecule has 0 radical (unpaired) electrons. The minimum absolute atomic E-state index is 0.227. The van der Waals surface area contributed by atoms with Crippen LogP contribution < -0.4 is 0 Å². The van der Waals surface area contributed by atoms with Gasteiger partial charge in [-0.2, -0.15) is 0 Å². The van der Waals surface area contributed by atoms with Crippen molar-refractivity contribution in [1.82, 2.24) is 0 Å². The van der Waals surface area contributed by atoms with Crippen molar-refractivity contribution in [3.63, 3.8) is 0 Å². The summed E-state index contributed by atoms with van der Waals surface area (Å²) in [4.78, 5) is 0. The molecule has 0 N–H and O–H groups in total. The number of ether oxygens (including phenoxy) is 1. The lowest BCUT2D eigenvalue weighted by Gasteiger charge is -2.16. The van der Waals surface area contributed by atoms with E-state index >= 15 is 0 Å². The normalized spacial score (nSPS) is 15.5. The number of halogens is 1. The third-order valence-corrected chi connectivity index (χ3v) is 2.72. The molecular formula is C9H13ClO2Si. The zero-order valence-corrected chi connectivity index (χ0v) is 10.5. The summed E-state index contributed by atoms with van der Waals surface area (Å²) in [5, 5.41) is 0. The van der Waals surface area contributed by atoms with Gasteiger partial charge in [-0.25, -0.2) is 0 Å². The van der Waals surface area contributed by atoms with Gasteiger partial charge in [0, 0.05) is 0 Å². The van der Waals surface area contributed by atoms with Gasteiger partial charge in [-0.1, -0.05) is 41.9 Å². The van der Waals surface area contributed by atoms with Gasteiger partial charge in [-0.05, 0) is 12.5 Å². The highest BCUT2D eigenvalue weighted by Crippen LogP contribution is 2.22. The van der Waals surface area contributed by atoms with Crippen LogP contribution in [-0.4, -0.2) is 16.8 Å². The van der Waals surface area contributed by atoms with Gasteiger partial charge in [0.2, 0.25) is 0 Å². The van der Waals surface area contributed by atoms with Crippen LogP contribution in [-0.2, 0) is 9.16 Å². The maximum absolute atomic E-state index is 5.99. The fourth-order valence-corrected chi connectivity index (χ4v) is 1.31. The maximum atomic E-state index is 5.99. The van der Waals surface area contributed by atoms with E-state index in [-0.39, 0.29) is 6.29 Å². The van der Waals surface area contributed by atoms with Crippen LogP contribution >= 0.6 is 11.6 Å².